The average molecular weight is 419 g/mol. The summed E-state index contributed by atoms with van der Waals surface area (Å²) in [5, 5.41) is 1.59. The largest absolute Gasteiger partial charge is 0.417 e. The minimum absolute atomic E-state index is 0.0730. The van der Waals surface area contributed by atoms with Crippen LogP contribution in [0.4, 0.5) is 18.9 Å². The van der Waals surface area contributed by atoms with Gasteiger partial charge in [0.2, 0.25) is 5.91 Å². The number of fused-ring (bicyclic) bond motifs is 1. The Bertz CT molecular complexity index is 1050. The van der Waals surface area contributed by atoms with Gasteiger partial charge in [0.1, 0.15) is 11.4 Å². The lowest BCUT2D eigenvalue weighted by Crippen LogP contribution is -2.37. The van der Waals surface area contributed by atoms with Crippen LogP contribution in [0.2, 0.25) is 5.02 Å². The predicted octanol–water partition coefficient (Wildman–Crippen LogP) is 3.14. The first kappa shape index (κ1) is 19.2. The van der Waals surface area contributed by atoms with Crippen molar-refractivity contribution in [3.8, 4) is 0 Å². The molecule has 0 radical (unpaired) electrons. The molecule has 0 fully saturated rings. The normalized spacial score (nSPS) is 15.6. The van der Waals surface area contributed by atoms with Crippen molar-refractivity contribution >= 4 is 39.1 Å². The quantitative estimate of drug-likeness (QED) is 0.830. The molecule has 3 rings (SSSR count). The van der Waals surface area contributed by atoms with Gasteiger partial charge >= 0.3 is 6.18 Å². The Kier molecular flexibility index (Phi) is 4.64. The van der Waals surface area contributed by atoms with Gasteiger partial charge in [-0.05, 0) is 30.3 Å². The first-order valence-electron chi connectivity index (χ1n) is 7.34. The van der Waals surface area contributed by atoms with Crippen molar-refractivity contribution < 1.29 is 31.2 Å². The molecule has 0 spiro atoms. The van der Waals surface area contributed by atoms with Gasteiger partial charge in [0.15, 0.2) is 0 Å². The third-order valence-electron chi connectivity index (χ3n) is 3.75. The van der Waals surface area contributed by atoms with Crippen LogP contribution >= 0.6 is 11.6 Å². The maximum atomic E-state index is 12.9. The van der Waals surface area contributed by atoms with Crippen molar-refractivity contribution in [2.24, 2.45) is 0 Å². The highest BCUT2D eigenvalue weighted by Gasteiger charge is 2.41. The van der Waals surface area contributed by atoms with Gasteiger partial charge in [-0.3, -0.25) is 9.59 Å². The second kappa shape index (κ2) is 6.54. The number of halogens is 4. The van der Waals surface area contributed by atoms with E-state index in [4.69, 9.17) is 11.6 Å². The molecule has 1 N–H and O–H groups in total. The number of sulfonamides is 1. The number of nitrogens with zero attached hydrogens (tertiary/aromatic N) is 1. The third kappa shape index (κ3) is 3.50. The number of benzene rings is 2. The summed E-state index contributed by atoms with van der Waals surface area (Å²) in [6.07, 6.45) is -4.73. The van der Waals surface area contributed by atoms with Crippen LogP contribution in [0.15, 0.2) is 47.4 Å². The number of carbonyl (C=O) groups excluding carboxylic acids is 2. The molecule has 0 aromatic heterocycles. The van der Waals surface area contributed by atoms with Crippen molar-refractivity contribution in [2.45, 2.75) is 11.1 Å². The first-order valence-corrected chi connectivity index (χ1v) is 9.16. The minimum Gasteiger partial charge on any atom is -0.324 e. The second-order valence-electron chi connectivity index (χ2n) is 5.55. The molecule has 0 unspecified atom stereocenters. The standard InChI is InChI=1S/C16H10ClF3N2O4S/c17-12-6-5-9(7-11(12)16(18,19)20)21-14(23)8-22-15(24)10-3-1-2-4-13(10)27(22,25)26/h1-7H,8H2,(H,21,23). The molecular weight excluding hydrogens is 409 g/mol. The lowest BCUT2D eigenvalue weighted by Gasteiger charge is -2.16. The van der Waals surface area contributed by atoms with Crippen molar-refractivity contribution in [2.75, 3.05) is 11.9 Å². The molecule has 27 heavy (non-hydrogen) atoms. The van der Waals surface area contributed by atoms with Gasteiger partial charge in [-0.1, -0.05) is 23.7 Å². The Balaban J connectivity index is 1.81. The van der Waals surface area contributed by atoms with Crippen molar-refractivity contribution in [3.63, 3.8) is 0 Å². The highest BCUT2D eigenvalue weighted by molar-refractivity contribution is 7.90. The lowest BCUT2D eigenvalue weighted by molar-refractivity contribution is -0.137. The molecule has 1 aliphatic rings. The monoisotopic (exact) mass is 418 g/mol. The number of alkyl halides is 3. The summed E-state index contributed by atoms with van der Waals surface area (Å²) in [5.41, 5.74) is -1.46. The van der Waals surface area contributed by atoms with Crippen LogP contribution in [0.5, 0.6) is 0 Å². The van der Waals surface area contributed by atoms with Crippen molar-refractivity contribution in [1.82, 2.24) is 4.31 Å². The van der Waals surface area contributed by atoms with Gasteiger partial charge in [-0.2, -0.15) is 13.2 Å². The van der Waals surface area contributed by atoms with E-state index in [1.54, 1.807) is 0 Å². The molecule has 0 saturated heterocycles. The van der Waals surface area contributed by atoms with E-state index in [1.165, 1.54) is 24.3 Å². The molecule has 6 nitrogen and oxygen atoms in total. The van der Waals surface area contributed by atoms with Crippen LogP contribution in [-0.4, -0.2) is 31.1 Å². The maximum Gasteiger partial charge on any atom is 0.417 e. The van der Waals surface area contributed by atoms with E-state index in [0.29, 0.717) is 10.4 Å². The molecule has 11 heteroatoms. The fourth-order valence-electron chi connectivity index (χ4n) is 2.54. The number of rotatable bonds is 3. The highest BCUT2D eigenvalue weighted by atomic mass is 35.5. The van der Waals surface area contributed by atoms with Gasteiger partial charge in [0.25, 0.3) is 15.9 Å². The van der Waals surface area contributed by atoms with Gasteiger partial charge in [-0.15, -0.1) is 0 Å². The molecule has 2 aromatic rings. The summed E-state index contributed by atoms with van der Waals surface area (Å²) in [4.78, 5) is 24.1. The zero-order valence-electron chi connectivity index (χ0n) is 13.2. The SMILES string of the molecule is O=C(CN1C(=O)c2ccccc2S1(=O)=O)Nc1ccc(Cl)c(C(F)(F)F)c1. The molecule has 0 aliphatic carbocycles. The summed E-state index contributed by atoms with van der Waals surface area (Å²) < 4.78 is 63.7. The van der Waals surface area contributed by atoms with Crippen LogP contribution in [0.25, 0.3) is 0 Å². The number of hydrogen-bond acceptors (Lipinski definition) is 4. The lowest BCUT2D eigenvalue weighted by atomic mass is 10.2. The number of anilines is 1. The number of nitrogens with one attached hydrogen (secondary N) is 1. The Hall–Kier alpha value is -2.59. The third-order valence-corrected chi connectivity index (χ3v) is 5.87. The molecule has 0 saturated carbocycles. The Morgan fingerprint density at radius 1 is 1.15 bits per heavy atom. The molecular formula is C16H10ClF3N2O4S. The topological polar surface area (TPSA) is 83.6 Å². The molecule has 2 amide bonds. The van der Waals surface area contributed by atoms with E-state index in [0.717, 1.165) is 12.1 Å². The number of amides is 2. The zero-order chi connectivity index (χ0) is 20.0. The average Bonchev–Trinajstić information content (AvgIpc) is 2.77. The first-order chi connectivity index (χ1) is 12.5. The van der Waals surface area contributed by atoms with Gasteiger partial charge in [0.05, 0.1) is 16.1 Å². The highest BCUT2D eigenvalue weighted by Crippen LogP contribution is 2.36. The number of hydrogen-bond donors (Lipinski definition) is 1. The molecule has 2 aromatic carbocycles. The zero-order valence-corrected chi connectivity index (χ0v) is 14.8. The molecule has 0 atom stereocenters. The fourth-order valence-corrected chi connectivity index (χ4v) is 4.29. The maximum absolute atomic E-state index is 12.9. The Morgan fingerprint density at radius 3 is 2.44 bits per heavy atom. The van der Waals surface area contributed by atoms with Crippen LogP contribution in [0, 0.1) is 0 Å². The summed E-state index contributed by atoms with van der Waals surface area (Å²) >= 11 is 5.50. The molecule has 1 heterocycles. The minimum atomic E-state index is -4.73. The van der Waals surface area contributed by atoms with Crippen molar-refractivity contribution in [3.05, 3.63) is 58.6 Å². The van der Waals surface area contributed by atoms with E-state index in [2.05, 4.69) is 5.32 Å². The predicted molar refractivity (Wildman–Crippen MR) is 89.7 cm³/mol. The smallest absolute Gasteiger partial charge is 0.324 e. The Morgan fingerprint density at radius 2 is 1.81 bits per heavy atom. The van der Waals surface area contributed by atoms with E-state index in [-0.39, 0.29) is 16.1 Å². The second-order valence-corrected chi connectivity index (χ2v) is 7.79. The van der Waals surface area contributed by atoms with Gasteiger partial charge in [0, 0.05) is 5.69 Å². The van der Waals surface area contributed by atoms with Gasteiger partial charge in [-0.25, -0.2) is 12.7 Å². The van der Waals surface area contributed by atoms with Crippen LogP contribution in [-0.2, 0) is 21.0 Å². The van der Waals surface area contributed by atoms with Crippen LogP contribution in [0.3, 0.4) is 0 Å². The van der Waals surface area contributed by atoms with Crippen LogP contribution < -0.4 is 5.32 Å². The molecule has 142 valence electrons. The Labute approximate surface area is 156 Å². The van der Waals surface area contributed by atoms with E-state index in [1.807, 2.05) is 0 Å². The van der Waals surface area contributed by atoms with Crippen LogP contribution in [0.1, 0.15) is 15.9 Å². The fraction of sp³-hybridized carbons (Fsp3) is 0.125. The summed E-state index contributed by atoms with van der Waals surface area (Å²) in [6, 6.07) is 8.15. The molecule has 1 aliphatic heterocycles. The summed E-state index contributed by atoms with van der Waals surface area (Å²) in [6.45, 7) is -0.875. The van der Waals surface area contributed by atoms with Crippen molar-refractivity contribution in [1.29, 1.82) is 0 Å². The number of carbonyl (C=O) groups is 2. The van der Waals surface area contributed by atoms with Gasteiger partial charge < -0.3 is 5.32 Å². The molecule has 0 bridgehead atoms. The van der Waals surface area contributed by atoms with E-state index >= 15 is 0 Å². The summed E-state index contributed by atoms with van der Waals surface area (Å²) in [5.74, 6) is -1.86. The van der Waals surface area contributed by atoms with E-state index in [9.17, 15) is 31.2 Å². The van der Waals surface area contributed by atoms with E-state index < -0.39 is 45.1 Å². The summed E-state index contributed by atoms with van der Waals surface area (Å²) in [7, 11) is -4.20.